The van der Waals surface area contributed by atoms with Gasteiger partial charge in [0.15, 0.2) is 5.78 Å². The summed E-state index contributed by atoms with van der Waals surface area (Å²) in [5.74, 6) is -0.139. The maximum Gasteiger partial charge on any atom is 0.196 e. The largest absolute Gasteiger partial charge is 0.507 e. The van der Waals surface area contributed by atoms with Gasteiger partial charge in [0.25, 0.3) is 0 Å². The second-order valence-corrected chi connectivity index (χ2v) is 3.21. The quantitative estimate of drug-likeness (QED) is 0.778. The van der Waals surface area contributed by atoms with E-state index in [2.05, 4.69) is 0 Å². The summed E-state index contributed by atoms with van der Waals surface area (Å²) in [7, 11) is 1.00. The Morgan fingerprint density at radius 1 is 0.882 bits per heavy atom. The van der Waals surface area contributed by atoms with Gasteiger partial charge in [-0.25, -0.2) is 0 Å². The zero-order chi connectivity index (χ0) is 12.7. The second-order valence-electron chi connectivity index (χ2n) is 3.21. The van der Waals surface area contributed by atoms with Gasteiger partial charge in [-0.15, -0.1) is 0 Å². The maximum atomic E-state index is 11.9. The van der Waals surface area contributed by atoms with Gasteiger partial charge in [-0.3, -0.25) is 4.79 Å². The van der Waals surface area contributed by atoms with E-state index in [-0.39, 0.29) is 11.5 Å². The van der Waals surface area contributed by atoms with E-state index in [0.717, 1.165) is 7.11 Å². The van der Waals surface area contributed by atoms with Crippen LogP contribution in [-0.4, -0.2) is 23.1 Å². The monoisotopic (exact) mass is 230 g/mol. The zero-order valence-electron chi connectivity index (χ0n) is 9.50. The first kappa shape index (κ1) is 12.9. The summed E-state index contributed by atoms with van der Waals surface area (Å²) in [6, 6.07) is 15.5. The van der Waals surface area contributed by atoms with Crippen molar-refractivity contribution in [3.05, 3.63) is 65.7 Å². The second kappa shape index (κ2) is 6.45. The van der Waals surface area contributed by atoms with Gasteiger partial charge in [0.05, 0.1) is 5.56 Å². The van der Waals surface area contributed by atoms with E-state index in [4.69, 9.17) is 5.11 Å². The highest BCUT2D eigenvalue weighted by molar-refractivity contribution is 6.10. The van der Waals surface area contributed by atoms with Gasteiger partial charge < -0.3 is 10.2 Å². The molecular weight excluding hydrogens is 216 g/mol. The molecule has 0 amide bonds. The summed E-state index contributed by atoms with van der Waals surface area (Å²) in [4.78, 5) is 11.9. The van der Waals surface area contributed by atoms with E-state index in [1.54, 1.807) is 42.5 Å². The summed E-state index contributed by atoms with van der Waals surface area (Å²) in [5.41, 5.74) is 0.919. The highest BCUT2D eigenvalue weighted by atomic mass is 16.3. The Hall–Kier alpha value is -2.13. The van der Waals surface area contributed by atoms with Crippen molar-refractivity contribution >= 4 is 5.78 Å². The van der Waals surface area contributed by atoms with Crippen LogP contribution in [0.25, 0.3) is 0 Å². The van der Waals surface area contributed by atoms with E-state index in [1.165, 1.54) is 6.07 Å². The third-order valence-electron chi connectivity index (χ3n) is 2.18. The van der Waals surface area contributed by atoms with Crippen LogP contribution in [0.3, 0.4) is 0 Å². The lowest BCUT2D eigenvalue weighted by Gasteiger charge is -2.02. The Labute approximate surface area is 100.0 Å². The number of aromatic hydroxyl groups is 1. The highest BCUT2D eigenvalue weighted by Gasteiger charge is 2.11. The van der Waals surface area contributed by atoms with Crippen LogP contribution in [-0.2, 0) is 0 Å². The Bertz CT molecular complexity index is 478. The third-order valence-corrected chi connectivity index (χ3v) is 2.18. The predicted octanol–water partition coefficient (Wildman–Crippen LogP) is 2.23. The molecular formula is C14H14O3. The Kier molecular flexibility index (Phi) is 4.91. The third kappa shape index (κ3) is 3.16. The molecule has 2 aromatic rings. The maximum absolute atomic E-state index is 11.9. The molecule has 0 aliphatic rings. The number of carbonyl (C=O) groups excluding carboxylic acids is 1. The van der Waals surface area contributed by atoms with Gasteiger partial charge in [-0.1, -0.05) is 42.5 Å². The molecule has 0 spiro atoms. The lowest BCUT2D eigenvalue weighted by atomic mass is 10.0. The van der Waals surface area contributed by atoms with Gasteiger partial charge in [-0.05, 0) is 12.1 Å². The van der Waals surface area contributed by atoms with Crippen molar-refractivity contribution in [2.45, 2.75) is 0 Å². The summed E-state index contributed by atoms with van der Waals surface area (Å²) in [5, 5.41) is 16.5. The predicted molar refractivity (Wildman–Crippen MR) is 66.1 cm³/mol. The van der Waals surface area contributed by atoms with Crippen LogP contribution < -0.4 is 0 Å². The molecule has 0 aliphatic carbocycles. The SMILES string of the molecule is CO.O=C(c1ccccc1)c1ccccc1O. The van der Waals surface area contributed by atoms with E-state index in [0.29, 0.717) is 11.1 Å². The highest BCUT2D eigenvalue weighted by Crippen LogP contribution is 2.19. The van der Waals surface area contributed by atoms with Gasteiger partial charge in [0, 0.05) is 12.7 Å². The molecule has 2 rings (SSSR count). The molecule has 0 atom stereocenters. The molecule has 3 heteroatoms. The minimum absolute atomic E-state index is 0.0198. The molecule has 3 nitrogen and oxygen atoms in total. The molecule has 0 aromatic heterocycles. The van der Waals surface area contributed by atoms with E-state index in [1.807, 2.05) is 6.07 Å². The Morgan fingerprint density at radius 2 is 1.41 bits per heavy atom. The standard InChI is InChI=1S/C13H10O2.CH4O/c14-12-9-5-4-8-11(12)13(15)10-6-2-1-3-7-10;1-2/h1-9,14H;2H,1H3. The fourth-order valence-corrected chi connectivity index (χ4v) is 1.41. The number of aliphatic hydroxyl groups excluding tert-OH is 1. The zero-order valence-corrected chi connectivity index (χ0v) is 9.50. The molecule has 0 unspecified atom stereocenters. The van der Waals surface area contributed by atoms with E-state index >= 15 is 0 Å². The molecule has 17 heavy (non-hydrogen) atoms. The van der Waals surface area contributed by atoms with Crippen LogP contribution in [0.2, 0.25) is 0 Å². The normalized spacial score (nSPS) is 9.06. The number of carbonyl (C=O) groups is 1. The van der Waals surface area contributed by atoms with Crippen LogP contribution >= 0.6 is 0 Å². The number of ketones is 1. The number of aliphatic hydroxyl groups is 1. The fourth-order valence-electron chi connectivity index (χ4n) is 1.41. The summed E-state index contributed by atoms with van der Waals surface area (Å²) in [6.45, 7) is 0. The number of rotatable bonds is 2. The Morgan fingerprint density at radius 3 is 2.00 bits per heavy atom. The van der Waals surface area contributed by atoms with Crippen LogP contribution in [0.5, 0.6) is 5.75 Å². The van der Waals surface area contributed by atoms with Gasteiger partial charge >= 0.3 is 0 Å². The summed E-state index contributed by atoms with van der Waals surface area (Å²) >= 11 is 0. The molecule has 0 bridgehead atoms. The van der Waals surface area contributed by atoms with E-state index < -0.39 is 0 Å². The number of hydrogen-bond acceptors (Lipinski definition) is 3. The fraction of sp³-hybridized carbons (Fsp3) is 0.0714. The van der Waals surface area contributed by atoms with Gasteiger partial charge in [-0.2, -0.15) is 0 Å². The van der Waals surface area contributed by atoms with Crippen LogP contribution in [0.15, 0.2) is 54.6 Å². The van der Waals surface area contributed by atoms with Crippen LogP contribution in [0.1, 0.15) is 15.9 Å². The molecule has 0 fully saturated rings. The molecule has 88 valence electrons. The first-order chi connectivity index (χ1) is 8.29. The van der Waals surface area contributed by atoms with Crippen molar-refractivity contribution in [3.8, 4) is 5.75 Å². The minimum atomic E-state index is -0.159. The average molecular weight is 230 g/mol. The van der Waals surface area contributed by atoms with Gasteiger partial charge in [0.2, 0.25) is 0 Å². The van der Waals surface area contributed by atoms with Crippen molar-refractivity contribution < 1.29 is 15.0 Å². The molecule has 2 N–H and O–H groups in total. The number of phenolic OH excluding ortho intramolecular Hbond substituents is 1. The van der Waals surface area contributed by atoms with Crippen LogP contribution in [0.4, 0.5) is 0 Å². The van der Waals surface area contributed by atoms with Crippen LogP contribution in [0, 0.1) is 0 Å². The number of para-hydroxylation sites is 1. The summed E-state index contributed by atoms with van der Waals surface area (Å²) < 4.78 is 0. The molecule has 0 saturated heterocycles. The summed E-state index contributed by atoms with van der Waals surface area (Å²) in [6.07, 6.45) is 0. The van der Waals surface area contributed by atoms with Crippen molar-refractivity contribution in [3.63, 3.8) is 0 Å². The molecule has 0 aliphatic heterocycles. The van der Waals surface area contributed by atoms with Crippen molar-refractivity contribution in [2.75, 3.05) is 7.11 Å². The smallest absolute Gasteiger partial charge is 0.196 e. The lowest BCUT2D eigenvalue weighted by molar-refractivity contribution is 0.103. The Balaban J connectivity index is 0.000000686. The number of benzene rings is 2. The first-order valence-electron chi connectivity index (χ1n) is 5.11. The number of phenols is 1. The topological polar surface area (TPSA) is 57.5 Å². The van der Waals surface area contributed by atoms with Gasteiger partial charge in [0.1, 0.15) is 5.75 Å². The lowest BCUT2D eigenvalue weighted by Crippen LogP contribution is -2.00. The minimum Gasteiger partial charge on any atom is -0.507 e. The molecule has 0 saturated carbocycles. The molecule has 0 radical (unpaired) electrons. The van der Waals surface area contributed by atoms with Crippen molar-refractivity contribution in [1.29, 1.82) is 0 Å². The molecule has 0 heterocycles. The van der Waals surface area contributed by atoms with Crippen molar-refractivity contribution in [2.24, 2.45) is 0 Å². The molecule has 2 aromatic carbocycles. The first-order valence-corrected chi connectivity index (χ1v) is 5.11. The number of hydrogen-bond donors (Lipinski definition) is 2. The van der Waals surface area contributed by atoms with E-state index in [9.17, 15) is 9.90 Å². The average Bonchev–Trinajstić information content (AvgIpc) is 2.42. The van der Waals surface area contributed by atoms with Crippen molar-refractivity contribution in [1.82, 2.24) is 0 Å².